The Morgan fingerprint density at radius 3 is 2.48 bits per heavy atom. The van der Waals surface area contributed by atoms with Gasteiger partial charge >= 0.3 is 0 Å². The summed E-state index contributed by atoms with van der Waals surface area (Å²) in [5, 5.41) is 4.22. The minimum atomic E-state index is -3.47. The van der Waals surface area contributed by atoms with Gasteiger partial charge in [-0.3, -0.25) is 0 Å². The van der Waals surface area contributed by atoms with Gasteiger partial charge in [0.25, 0.3) is 0 Å². The summed E-state index contributed by atoms with van der Waals surface area (Å²) in [5.41, 5.74) is 1.82. The first kappa shape index (κ1) is 19.7. The maximum atomic E-state index is 12.5. The number of fused-ring (bicyclic) bond motifs is 1. The molecule has 0 aliphatic rings. The lowest BCUT2D eigenvalue weighted by atomic mass is 10.2. The van der Waals surface area contributed by atoms with Gasteiger partial charge < -0.3 is 5.32 Å². The van der Waals surface area contributed by atoms with Gasteiger partial charge in [0.05, 0.1) is 10.4 Å². The number of hydrogen-bond donors (Lipinski definition) is 1. The number of rotatable bonds is 6. The zero-order chi connectivity index (χ0) is 19.6. The number of halogens is 1. The van der Waals surface area contributed by atoms with Gasteiger partial charge in [-0.25, -0.2) is 18.4 Å². The predicted octanol–water partition coefficient (Wildman–Crippen LogP) is 4.03. The molecule has 0 fully saturated rings. The number of aromatic nitrogens is 2. The van der Waals surface area contributed by atoms with Gasteiger partial charge in [0.1, 0.15) is 12.1 Å². The zero-order valence-corrected chi connectivity index (χ0v) is 17.8. The molecule has 27 heavy (non-hydrogen) atoms. The van der Waals surface area contributed by atoms with Gasteiger partial charge in [0.15, 0.2) is 0 Å². The Bertz CT molecular complexity index is 1050. The minimum absolute atomic E-state index is 0.0956. The van der Waals surface area contributed by atoms with Crippen LogP contribution in [-0.2, 0) is 16.6 Å². The summed E-state index contributed by atoms with van der Waals surface area (Å²) < 4.78 is 27.4. The molecule has 8 heteroatoms. The fraction of sp³-hybridized carbons (Fsp3) is 0.263. The first-order chi connectivity index (χ1) is 12.8. The molecule has 0 atom stereocenters. The summed E-state index contributed by atoms with van der Waals surface area (Å²) in [4.78, 5) is 8.87. The Kier molecular flexibility index (Phi) is 5.78. The molecule has 0 spiro atoms. The smallest absolute Gasteiger partial charge is 0.243 e. The van der Waals surface area contributed by atoms with Gasteiger partial charge in [-0.15, -0.1) is 0 Å². The third kappa shape index (κ3) is 4.28. The van der Waals surface area contributed by atoms with Crippen molar-refractivity contribution in [2.24, 2.45) is 0 Å². The normalized spacial score (nSPS) is 12.1. The largest absolute Gasteiger partial charge is 0.365 e. The summed E-state index contributed by atoms with van der Waals surface area (Å²) in [6.45, 7) is 4.22. The van der Waals surface area contributed by atoms with E-state index >= 15 is 0 Å². The molecule has 0 aliphatic carbocycles. The highest BCUT2D eigenvalue weighted by atomic mass is 79.9. The number of anilines is 1. The maximum absolute atomic E-state index is 12.5. The molecule has 0 unspecified atom stereocenters. The number of sulfonamides is 1. The van der Waals surface area contributed by atoms with Crippen LogP contribution in [0.3, 0.4) is 0 Å². The lowest BCUT2D eigenvalue weighted by Crippen LogP contribution is -2.33. The average Bonchev–Trinajstić information content (AvgIpc) is 2.66. The molecular formula is C19H21BrN4O2S. The Labute approximate surface area is 167 Å². The van der Waals surface area contributed by atoms with Gasteiger partial charge in [0.2, 0.25) is 10.0 Å². The van der Waals surface area contributed by atoms with Crippen LogP contribution >= 0.6 is 15.9 Å². The van der Waals surface area contributed by atoms with Gasteiger partial charge in [-0.2, -0.15) is 4.31 Å². The van der Waals surface area contributed by atoms with Crippen LogP contribution in [0.2, 0.25) is 0 Å². The molecular weight excluding hydrogens is 428 g/mol. The zero-order valence-electron chi connectivity index (χ0n) is 15.3. The average molecular weight is 449 g/mol. The fourth-order valence-corrected chi connectivity index (χ4v) is 4.31. The first-order valence-corrected chi connectivity index (χ1v) is 10.7. The standard InChI is InChI=1S/C19H21BrN4O2S/c1-13(2)24(3)27(25,26)16-7-4-14(5-8-16)11-21-19-17-10-15(20)6-9-18(17)22-12-23-19/h4-10,12-13H,11H2,1-3H3,(H,21,22,23). The molecule has 1 N–H and O–H groups in total. The van der Waals surface area contributed by atoms with Crippen molar-refractivity contribution in [1.29, 1.82) is 0 Å². The molecule has 0 radical (unpaired) electrons. The third-order valence-corrected chi connectivity index (χ3v) is 6.93. The van der Waals surface area contributed by atoms with Crippen molar-refractivity contribution in [2.75, 3.05) is 12.4 Å². The van der Waals surface area contributed by atoms with E-state index in [-0.39, 0.29) is 6.04 Å². The summed E-state index contributed by atoms with van der Waals surface area (Å²) in [6, 6.07) is 12.6. The van der Waals surface area contributed by atoms with E-state index in [0.29, 0.717) is 11.4 Å². The molecule has 142 valence electrons. The second kappa shape index (κ2) is 7.92. The monoisotopic (exact) mass is 448 g/mol. The quantitative estimate of drug-likeness (QED) is 0.615. The van der Waals surface area contributed by atoms with E-state index < -0.39 is 10.0 Å². The highest BCUT2D eigenvalue weighted by Gasteiger charge is 2.22. The molecule has 0 saturated heterocycles. The van der Waals surface area contributed by atoms with Crippen LogP contribution in [0.25, 0.3) is 10.9 Å². The van der Waals surface area contributed by atoms with Crippen LogP contribution in [0.1, 0.15) is 19.4 Å². The SMILES string of the molecule is CC(C)N(C)S(=O)(=O)c1ccc(CNc2ncnc3ccc(Br)cc23)cc1. The van der Waals surface area contributed by atoms with E-state index in [1.54, 1.807) is 19.2 Å². The lowest BCUT2D eigenvalue weighted by molar-refractivity contribution is 0.410. The van der Waals surface area contributed by atoms with Crippen molar-refractivity contribution in [1.82, 2.24) is 14.3 Å². The number of hydrogen-bond acceptors (Lipinski definition) is 5. The van der Waals surface area contributed by atoms with E-state index in [0.717, 1.165) is 26.8 Å². The second-order valence-corrected chi connectivity index (χ2v) is 9.41. The van der Waals surface area contributed by atoms with Gasteiger partial charge in [0, 0.05) is 29.5 Å². The van der Waals surface area contributed by atoms with Crippen LogP contribution in [0, 0.1) is 0 Å². The number of benzene rings is 2. The highest BCUT2D eigenvalue weighted by Crippen LogP contribution is 2.24. The fourth-order valence-electron chi connectivity index (χ4n) is 2.58. The van der Waals surface area contributed by atoms with Crippen molar-refractivity contribution in [3.05, 3.63) is 58.8 Å². The molecule has 3 aromatic rings. The van der Waals surface area contributed by atoms with Gasteiger partial charge in [-0.1, -0.05) is 28.1 Å². The Morgan fingerprint density at radius 2 is 1.81 bits per heavy atom. The van der Waals surface area contributed by atoms with Crippen molar-refractivity contribution >= 4 is 42.7 Å². The molecule has 0 amide bonds. The minimum Gasteiger partial charge on any atom is -0.365 e. The van der Waals surface area contributed by atoms with Crippen LogP contribution in [0.15, 0.2) is 58.2 Å². The van der Waals surface area contributed by atoms with Crippen LogP contribution < -0.4 is 5.32 Å². The highest BCUT2D eigenvalue weighted by molar-refractivity contribution is 9.10. The van der Waals surface area contributed by atoms with E-state index in [9.17, 15) is 8.42 Å². The molecule has 6 nitrogen and oxygen atoms in total. The molecule has 0 bridgehead atoms. The summed E-state index contributed by atoms with van der Waals surface area (Å²) in [5.74, 6) is 0.734. The third-order valence-electron chi connectivity index (χ3n) is 4.38. The van der Waals surface area contributed by atoms with E-state index in [4.69, 9.17) is 0 Å². The van der Waals surface area contributed by atoms with E-state index in [1.807, 2.05) is 44.2 Å². The van der Waals surface area contributed by atoms with Gasteiger partial charge in [-0.05, 0) is 49.7 Å². The van der Waals surface area contributed by atoms with Crippen molar-refractivity contribution in [3.63, 3.8) is 0 Å². The second-order valence-electron chi connectivity index (χ2n) is 6.50. The Morgan fingerprint density at radius 1 is 1.11 bits per heavy atom. The van der Waals surface area contributed by atoms with Crippen molar-refractivity contribution < 1.29 is 8.42 Å². The summed E-state index contributed by atoms with van der Waals surface area (Å²) >= 11 is 3.47. The summed E-state index contributed by atoms with van der Waals surface area (Å²) in [7, 11) is -1.88. The topological polar surface area (TPSA) is 75.2 Å². The molecule has 1 aromatic heterocycles. The van der Waals surface area contributed by atoms with Crippen molar-refractivity contribution in [2.45, 2.75) is 31.3 Å². The first-order valence-electron chi connectivity index (χ1n) is 8.50. The van der Waals surface area contributed by atoms with E-state index in [2.05, 4.69) is 31.2 Å². The Balaban J connectivity index is 1.78. The lowest BCUT2D eigenvalue weighted by Gasteiger charge is -2.21. The number of nitrogens with one attached hydrogen (secondary N) is 1. The summed E-state index contributed by atoms with van der Waals surface area (Å²) in [6.07, 6.45) is 1.52. The molecule has 2 aromatic carbocycles. The van der Waals surface area contributed by atoms with E-state index in [1.165, 1.54) is 10.6 Å². The molecule has 1 heterocycles. The Hall–Kier alpha value is -2.03. The molecule has 0 aliphatic heterocycles. The van der Waals surface area contributed by atoms with Crippen LogP contribution in [0.4, 0.5) is 5.82 Å². The van der Waals surface area contributed by atoms with Crippen molar-refractivity contribution in [3.8, 4) is 0 Å². The predicted molar refractivity (Wildman–Crippen MR) is 111 cm³/mol. The van der Waals surface area contributed by atoms with Crippen LogP contribution in [-0.4, -0.2) is 35.8 Å². The number of nitrogens with zero attached hydrogens (tertiary/aromatic N) is 3. The molecule has 3 rings (SSSR count). The van der Waals surface area contributed by atoms with Crippen LogP contribution in [0.5, 0.6) is 0 Å². The molecule has 0 saturated carbocycles. The maximum Gasteiger partial charge on any atom is 0.243 e.